The van der Waals surface area contributed by atoms with Crippen LogP contribution in [-0.2, 0) is 15.6 Å². The van der Waals surface area contributed by atoms with Gasteiger partial charge in [-0.05, 0) is 30.8 Å². The van der Waals surface area contributed by atoms with Crippen molar-refractivity contribution < 1.29 is 4.74 Å². The molecule has 0 aromatic carbocycles. The molecule has 1 heterocycles. The Bertz CT molecular complexity index is 201. The van der Waals surface area contributed by atoms with Gasteiger partial charge in [0.2, 0.25) is 0 Å². The van der Waals surface area contributed by atoms with Gasteiger partial charge in [-0.2, -0.15) is 0 Å². The fourth-order valence-corrected chi connectivity index (χ4v) is 1.97. The van der Waals surface area contributed by atoms with Crippen LogP contribution < -0.4 is 4.72 Å². The Morgan fingerprint density at radius 2 is 2.55 bits per heavy atom. The highest BCUT2D eigenvalue weighted by Crippen LogP contribution is 2.06. The normalized spacial score (nSPS) is 31.0. The molecule has 0 fully saturated rings. The summed E-state index contributed by atoms with van der Waals surface area (Å²) in [6.07, 6.45) is 4.10. The van der Waals surface area contributed by atoms with E-state index in [2.05, 4.69) is 9.08 Å². The van der Waals surface area contributed by atoms with E-state index in [4.69, 9.17) is 4.74 Å². The first-order valence-electron chi connectivity index (χ1n) is 3.66. The molecule has 0 radical (unpaired) electrons. The minimum atomic E-state index is -0.0701. The Hall–Kier alpha value is -0.190. The molecular weight excluding hydrogens is 160 g/mol. The van der Waals surface area contributed by atoms with Crippen LogP contribution in [-0.4, -0.2) is 19.1 Å². The Labute approximate surface area is 70.1 Å². The minimum absolute atomic E-state index is 0.0610. The summed E-state index contributed by atoms with van der Waals surface area (Å²) in [5.41, 5.74) is 1.06. The molecule has 0 bridgehead atoms. The van der Waals surface area contributed by atoms with E-state index < -0.39 is 0 Å². The van der Waals surface area contributed by atoms with Crippen molar-refractivity contribution in [2.75, 3.05) is 12.9 Å². The average Bonchev–Trinajstić information content (AvgIpc) is 1.85. The lowest BCUT2D eigenvalue weighted by atomic mass is 10.4. The molecule has 0 amide bonds. The number of ether oxygens (including phenoxy) is 1. The molecule has 4 heteroatoms. The Morgan fingerprint density at radius 1 is 1.82 bits per heavy atom. The summed E-state index contributed by atoms with van der Waals surface area (Å²) in [5, 5.41) is 0. The zero-order valence-electron chi connectivity index (χ0n) is 7.13. The highest BCUT2D eigenvalue weighted by Gasteiger charge is 2.09. The molecule has 11 heavy (non-hydrogen) atoms. The monoisotopic (exact) mass is 174 g/mol. The molecule has 2 unspecified atom stereocenters. The summed E-state index contributed by atoms with van der Waals surface area (Å²) in [6.45, 7) is 4.72. The number of rotatable bonds is 2. The van der Waals surface area contributed by atoms with E-state index in [1.54, 1.807) is 0 Å². The van der Waals surface area contributed by atoms with Crippen molar-refractivity contribution in [3.8, 4) is 0 Å². The van der Waals surface area contributed by atoms with Gasteiger partial charge in [-0.1, -0.05) is 0 Å². The largest absolute Gasteiger partial charge is 0.359 e. The summed E-state index contributed by atoms with van der Waals surface area (Å²) in [6, 6.07) is 0. The number of nitrogens with one attached hydrogen (secondary N) is 1. The zero-order valence-corrected chi connectivity index (χ0v) is 7.94. The lowest BCUT2D eigenvalue weighted by Crippen LogP contribution is -2.33. The SMILES string of the molecule is CCOC1C=C(C)N=S(C)N1. The quantitative estimate of drug-likeness (QED) is 0.682. The van der Waals surface area contributed by atoms with Crippen molar-refractivity contribution >= 4 is 10.9 Å². The highest BCUT2D eigenvalue weighted by atomic mass is 32.2. The summed E-state index contributed by atoms with van der Waals surface area (Å²) in [5.74, 6) is 0. The van der Waals surface area contributed by atoms with Crippen molar-refractivity contribution in [1.29, 1.82) is 0 Å². The van der Waals surface area contributed by atoms with Crippen LogP contribution in [0.5, 0.6) is 0 Å². The summed E-state index contributed by atoms with van der Waals surface area (Å²) < 4.78 is 12.9. The smallest absolute Gasteiger partial charge is 0.138 e. The molecule has 0 saturated heterocycles. The molecule has 3 nitrogen and oxygen atoms in total. The van der Waals surface area contributed by atoms with Crippen molar-refractivity contribution in [1.82, 2.24) is 4.72 Å². The lowest BCUT2D eigenvalue weighted by molar-refractivity contribution is 0.0895. The van der Waals surface area contributed by atoms with E-state index in [-0.39, 0.29) is 17.1 Å². The third-order valence-electron chi connectivity index (χ3n) is 1.31. The van der Waals surface area contributed by atoms with Crippen LogP contribution in [0.3, 0.4) is 0 Å². The van der Waals surface area contributed by atoms with Crippen LogP contribution in [0.1, 0.15) is 13.8 Å². The molecule has 0 aromatic rings. The molecule has 64 valence electrons. The first kappa shape index (κ1) is 8.90. The summed E-state index contributed by atoms with van der Waals surface area (Å²) >= 11 is 0. The number of hydrogen-bond donors (Lipinski definition) is 1. The van der Waals surface area contributed by atoms with Crippen molar-refractivity contribution in [2.45, 2.75) is 20.1 Å². The molecule has 1 N–H and O–H groups in total. The Balaban J connectivity index is 2.56. The number of allylic oxidation sites excluding steroid dienone is 1. The van der Waals surface area contributed by atoms with Gasteiger partial charge in [0.25, 0.3) is 0 Å². The number of nitrogens with zero attached hydrogens (tertiary/aromatic N) is 1. The molecule has 1 aliphatic rings. The zero-order chi connectivity index (χ0) is 8.27. The molecule has 2 atom stereocenters. The minimum Gasteiger partial charge on any atom is -0.359 e. The highest BCUT2D eigenvalue weighted by molar-refractivity contribution is 7.84. The van der Waals surface area contributed by atoms with Gasteiger partial charge in [-0.25, -0.2) is 9.08 Å². The van der Waals surface area contributed by atoms with Gasteiger partial charge >= 0.3 is 0 Å². The second-order valence-electron chi connectivity index (χ2n) is 2.37. The maximum absolute atomic E-state index is 5.38. The van der Waals surface area contributed by atoms with Gasteiger partial charge in [0.15, 0.2) is 0 Å². The van der Waals surface area contributed by atoms with Crippen LogP contribution in [0.15, 0.2) is 16.1 Å². The predicted octanol–water partition coefficient (Wildman–Crippen LogP) is 1.20. The molecule has 0 aromatic heterocycles. The van der Waals surface area contributed by atoms with Gasteiger partial charge in [-0.3, -0.25) is 0 Å². The topological polar surface area (TPSA) is 33.6 Å². The second-order valence-corrected chi connectivity index (χ2v) is 3.75. The molecule has 0 saturated carbocycles. The standard InChI is InChI=1S/C7H14N2OS/c1-4-10-7-5-6(2)8-11(3)9-7/h5,7H,4H2,1-3H3,(H,8,9). The van der Waals surface area contributed by atoms with Crippen LogP contribution in [0.2, 0.25) is 0 Å². The van der Waals surface area contributed by atoms with Crippen LogP contribution in [0, 0.1) is 0 Å². The lowest BCUT2D eigenvalue weighted by Gasteiger charge is -2.19. The fourth-order valence-electron chi connectivity index (χ4n) is 0.956. The van der Waals surface area contributed by atoms with E-state index in [1.807, 2.05) is 26.2 Å². The molecule has 0 spiro atoms. The maximum Gasteiger partial charge on any atom is 0.138 e. The van der Waals surface area contributed by atoms with Gasteiger partial charge in [-0.15, -0.1) is 0 Å². The van der Waals surface area contributed by atoms with E-state index in [1.165, 1.54) is 0 Å². The first-order valence-corrected chi connectivity index (χ1v) is 5.25. The second kappa shape index (κ2) is 3.99. The van der Waals surface area contributed by atoms with Crippen LogP contribution in [0.25, 0.3) is 0 Å². The van der Waals surface area contributed by atoms with E-state index in [9.17, 15) is 0 Å². The predicted molar refractivity (Wildman–Crippen MR) is 48.0 cm³/mol. The van der Waals surface area contributed by atoms with Crippen molar-refractivity contribution in [3.05, 3.63) is 11.8 Å². The van der Waals surface area contributed by atoms with Crippen LogP contribution >= 0.6 is 0 Å². The Morgan fingerprint density at radius 3 is 3.09 bits per heavy atom. The van der Waals surface area contributed by atoms with Crippen LogP contribution in [0.4, 0.5) is 0 Å². The number of hydrogen-bond acceptors (Lipinski definition) is 3. The third-order valence-corrected chi connectivity index (χ3v) is 2.44. The average molecular weight is 174 g/mol. The first-order chi connectivity index (χ1) is 5.22. The van der Waals surface area contributed by atoms with Crippen molar-refractivity contribution in [3.63, 3.8) is 0 Å². The van der Waals surface area contributed by atoms with E-state index >= 15 is 0 Å². The molecule has 0 aliphatic carbocycles. The molecular formula is C7H14N2OS. The van der Waals surface area contributed by atoms with Gasteiger partial charge in [0.05, 0.1) is 0 Å². The van der Waals surface area contributed by atoms with E-state index in [0.717, 1.165) is 12.3 Å². The van der Waals surface area contributed by atoms with Gasteiger partial charge in [0.1, 0.15) is 6.23 Å². The molecule has 1 rings (SSSR count). The van der Waals surface area contributed by atoms with Gasteiger partial charge in [0, 0.05) is 18.6 Å². The fraction of sp³-hybridized carbons (Fsp3) is 0.714. The third kappa shape index (κ3) is 2.73. The van der Waals surface area contributed by atoms with Gasteiger partial charge < -0.3 is 4.74 Å². The van der Waals surface area contributed by atoms with Crippen molar-refractivity contribution in [2.24, 2.45) is 4.36 Å². The Kier molecular flexibility index (Phi) is 3.23. The van der Waals surface area contributed by atoms with E-state index in [0.29, 0.717) is 0 Å². The molecule has 1 aliphatic heterocycles. The maximum atomic E-state index is 5.38. The summed E-state index contributed by atoms with van der Waals surface area (Å²) in [7, 11) is -0.0701. The summed E-state index contributed by atoms with van der Waals surface area (Å²) in [4.78, 5) is 0.